The van der Waals surface area contributed by atoms with E-state index < -0.39 is 0 Å². The molecule has 2 aliphatic heterocycles. The molecule has 1 saturated carbocycles. The molecule has 0 N–H and O–H groups in total. The number of aryl methyl sites for hydroxylation is 1. The minimum atomic E-state index is 0.549. The summed E-state index contributed by atoms with van der Waals surface area (Å²) >= 11 is 2.14. The van der Waals surface area contributed by atoms with Crippen LogP contribution in [0.15, 0.2) is 24.3 Å². The third-order valence-corrected chi connectivity index (χ3v) is 7.80. The highest BCUT2D eigenvalue weighted by Crippen LogP contribution is 2.58. The van der Waals surface area contributed by atoms with E-state index in [-0.39, 0.29) is 0 Å². The Morgan fingerprint density at radius 2 is 1.91 bits per heavy atom. The largest absolute Gasteiger partial charge is 0.303 e. The van der Waals surface area contributed by atoms with Gasteiger partial charge in [0.25, 0.3) is 0 Å². The molecule has 1 aromatic rings. The van der Waals surface area contributed by atoms with Crippen LogP contribution in [0.4, 0.5) is 0 Å². The maximum atomic E-state index is 2.71. The molecule has 120 valence electrons. The average molecular weight is 316 g/mol. The van der Waals surface area contributed by atoms with Crippen LogP contribution in [0, 0.1) is 10.8 Å². The van der Waals surface area contributed by atoms with Crippen LogP contribution in [0.5, 0.6) is 0 Å². The second kappa shape index (κ2) is 5.56. The Bertz CT molecular complexity index is 529. The first kappa shape index (κ1) is 15.1. The van der Waals surface area contributed by atoms with E-state index in [1.165, 1.54) is 62.4 Å². The summed E-state index contributed by atoms with van der Waals surface area (Å²) in [4.78, 5) is 2.71. The fourth-order valence-corrected chi connectivity index (χ4v) is 5.56. The second-order valence-electron chi connectivity index (χ2n) is 8.61. The van der Waals surface area contributed by atoms with Crippen molar-refractivity contribution in [3.05, 3.63) is 35.4 Å². The molecule has 0 radical (unpaired) electrons. The molecule has 2 heteroatoms. The molecule has 22 heavy (non-hydrogen) atoms. The average Bonchev–Trinajstić information content (AvgIpc) is 2.92. The summed E-state index contributed by atoms with van der Waals surface area (Å²) in [5.74, 6) is 3.65. The molecular formula is C20H29NS. The van der Waals surface area contributed by atoms with Crippen molar-refractivity contribution in [2.45, 2.75) is 45.4 Å². The van der Waals surface area contributed by atoms with Gasteiger partial charge in [-0.25, -0.2) is 0 Å². The molecule has 0 amide bonds. The van der Waals surface area contributed by atoms with Gasteiger partial charge in [-0.15, -0.1) is 0 Å². The summed E-state index contributed by atoms with van der Waals surface area (Å²) in [6.07, 6.45) is 5.37. The van der Waals surface area contributed by atoms with Crippen molar-refractivity contribution in [2.24, 2.45) is 10.8 Å². The highest BCUT2D eigenvalue weighted by Gasteiger charge is 2.46. The topological polar surface area (TPSA) is 3.24 Å². The zero-order valence-electron chi connectivity index (χ0n) is 14.1. The van der Waals surface area contributed by atoms with Crippen LogP contribution in [0.3, 0.4) is 0 Å². The van der Waals surface area contributed by atoms with Crippen LogP contribution in [0.25, 0.3) is 0 Å². The Labute approximate surface area is 139 Å². The molecule has 4 rings (SSSR count). The lowest BCUT2D eigenvalue weighted by atomic mass is 9.91. The molecule has 1 nitrogen and oxygen atoms in total. The van der Waals surface area contributed by atoms with Crippen molar-refractivity contribution in [1.29, 1.82) is 0 Å². The van der Waals surface area contributed by atoms with Gasteiger partial charge in [-0.2, -0.15) is 11.8 Å². The molecule has 1 atom stereocenters. The molecular weight excluding hydrogens is 286 g/mol. The van der Waals surface area contributed by atoms with Gasteiger partial charge in [-0.1, -0.05) is 38.1 Å². The smallest absolute Gasteiger partial charge is 0.00543 e. The molecule has 0 aromatic heterocycles. The summed E-state index contributed by atoms with van der Waals surface area (Å²) < 4.78 is 0. The van der Waals surface area contributed by atoms with Crippen molar-refractivity contribution in [3.8, 4) is 0 Å². The molecule has 0 bridgehead atoms. The number of nitrogens with zero attached hydrogens (tertiary/aromatic N) is 1. The third kappa shape index (κ3) is 2.97. The van der Waals surface area contributed by atoms with Gasteiger partial charge in [-0.05, 0) is 61.2 Å². The summed E-state index contributed by atoms with van der Waals surface area (Å²) in [5, 5.41) is 0. The quantitative estimate of drug-likeness (QED) is 0.783. The van der Waals surface area contributed by atoms with Crippen LogP contribution in [0.2, 0.25) is 0 Å². The van der Waals surface area contributed by atoms with Crippen molar-refractivity contribution in [2.75, 3.05) is 31.1 Å². The van der Waals surface area contributed by atoms with Crippen molar-refractivity contribution < 1.29 is 0 Å². The number of hydrogen-bond acceptors (Lipinski definition) is 2. The first-order valence-corrected chi connectivity index (χ1v) is 10.1. The van der Waals surface area contributed by atoms with E-state index >= 15 is 0 Å². The lowest BCUT2D eigenvalue weighted by Gasteiger charge is -2.37. The molecule has 1 aromatic carbocycles. The first-order valence-electron chi connectivity index (χ1n) is 8.95. The van der Waals surface area contributed by atoms with Gasteiger partial charge in [0, 0.05) is 23.5 Å². The molecule has 1 unspecified atom stereocenters. The van der Waals surface area contributed by atoms with Gasteiger partial charge in [0.15, 0.2) is 0 Å². The van der Waals surface area contributed by atoms with Crippen LogP contribution in [-0.2, 0) is 6.42 Å². The Morgan fingerprint density at radius 1 is 1.18 bits per heavy atom. The van der Waals surface area contributed by atoms with Gasteiger partial charge >= 0.3 is 0 Å². The van der Waals surface area contributed by atoms with Crippen LogP contribution in [0.1, 0.15) is 50.2 Å². The van der Waals surface area contributed by atoms with Crippen molar-refractivity contribution in [3.63, 3.8) is 0 Å². The Kier molecular flexibility index (Phi) is 3.81. The van der Waals surface area contributed by atoms with Crippen LogP contribution in [-0.4, -0.2) is 36.0 Å². The van der Waals surface area contributed by atoms with E-state index in [1.807, 2.05) is 0 Å². The molecule has 2 saturated heterocycles. The maximum Gasteiger partial charge on any atom is 0.00543 e. The molecule has 1 spiro atoms. The zero-order chi connectivity index (χ0) is 15.2. The zero-order valence-corrected chi connectivity index (χ0v) is 14.9. The number of thioether (sulfide) groups is 1. The fourth-order valence-electron chi connectivity index (χ4n) is 4.30. The SMILES string of the molecule is CC1(C)CC1c1ccc(CCCN2CCC3(CSC3)C2)cc1. The molecule has 3 fully saturated rings. The normalized spacial score (nSPS) is 28.7. The van der Waals surface area contributed by atoms with Crippen molar-refractivity contribution >= 4 is 11.8 Å². The summed E-state index contributed by atoms with van der Waals surface area (Å²) in [6.45, 7) is 8.78. The van der Waals surface area contributed by atoms with Gasteiger partial charge in [0.1, 0.15) is 0 Å². The van der Waals surface area contributed by atoms with Gasteiger partial charge in [-0.3, -0.25) is 0 Å². The van der Waals surface area contributed by atoms with E-state index in [9.17, 15) is 0 Å². The highest BCUT2D eigenvalue weighted by molar-refractivity contribution is 8.00. The van der Waals surface area contributed by atoms with E-state index in [2.05, 4.69) is 54.8 Å². The van der Waals surface area contributed by atoms with Crippen molar-refractivity contribution in [1.82, 2.24) is 4.90 Å². The number of likely N-dealkylation sites (tertiary alicyclic amines) is 1. The van der Waals surface area contributed by atoms with E-state index in [0.29, 0.717) is 5.41 Å². The number of benzene rings is 1. The number of rotatable bonds is 5. The lowest BCUT2D eigenvalue weighted by Crippen LogP contribution is -2.38. The van der Waals surface area contributed by atoms with E-state index in [4.69, 9.17) is 0 Å². The van der Waals surface area contributed by atoms with Crippen LogP contribution >= 0.6 is 11.8 Å². The van der Waals surface area contributed by atoms with Gasteiger partial charge in [0.05, 0.1) is 0 Å². The predicted molar refractivity (Wildman–Crippen MR) is 96.7 cm³/mol. The molecule has 1 aliphatic carbocycles. The monoisotopic (exact) mass is 315 g/mol. The van der Waals surface area contributed by atoms with E-state index in [0.717, 1.165) is 11.3 Å². The minimum absolute atomic E-state index is 0.549. The Hall–Kier alpha value is -0.470. The first-order chi connectivity index (χ1) is 10.6. The standard InChI is InChI=1S/C20H29NS/c1-19(2)12-18(19)17-7-5-16(6-8-17)4-3-10-21-11-9-20(13-21)14-22-15-20/h5-8,18H,3-4,9-15H2,1-2H3. The van der Waals surface area contributed by atoms with Gasteiger partial charge < -0.3 is 4.90 Å². The summed E-state index contributed by atoms with van der Waals surface area (Å²) in [7, 11) is 0. The van der Waals surface area contributed by atoms with Gasteiger partial charge in [0.2, 0.25) is 0 Å². The second-order valence-corrected chi connectivity index (χ2v) is 9.59. The maximum absolute atomic E-state index is 2.71. The summed E-state index contributed by atoms with van der Waals surface area (Å²) in [6, 6.07) is 9.51. The summed E-state index contributed by atoms with van der Waals surface area (Å²) in [5.41, 5.74) is 4.35. The Morgan fingerprint density at radius 3 is 2.45 bits per heavy atom. The predicted octanol–water partition coefficient (Wildman–Crippen LogP) is 4.57. The van der Waals surface area contributed by atoms with E-state index in [1.54, 1.807) is 5.56 Å². The van der Waals surface area contributed by atoms with Crippen LogP contribution < -0.4 is 0 Å². The minimum Gasteiger partial charge on any atom is -0.303 e. The molecule has 3 aliphatic rings. The number of hydrogen-bond donors (Lipinski definition) is 0. The molecule has 2 heterocycles. The fraction of sp³-hybridized carbons (Fsp3) is 0.700. The third-order valence-electron chi connectivity index (χ3n) is 6.17. The lowest BCUT2D eigenvalue weighted by molar-refractivity contribution is 0.286. The Balaban J connectivity index is 1.23. The highest BCUT2D eigenvalue weighted by atomic mass is 32.2.